The molecule has 4 nitrogen and oxygen atoms in total. The molecule has 0 saturated carbocycles. The summed E-state index contributed by atoms with van der Waals surface area (Å²) in [5.41, 5.74) is 0. The molecule has 0 N–H and O–H groups in total. The lowest BCUT2D eigenvalue weighted by Crippen LogP contribution is -2.38. The largest absolute Gasteiger partial charge is 0.468 e. The van der Waals surface area contributed by atoms with E-state index in [1.165, 1.54) is 7.11 Å². The molecule has 2 unspecified atom stereocenters. The van der Waals surface area contributed by atoms with Gasteiger partial charge in [0.05, 0.1) is 13.2 Å². The Bertz CT molecular complexity index is 219. The lowest BCUT2D eigenvalue weighted by molar-refractivity contribution is -0.140. The van der Waals surface area contributed by atoms with Crippen molar-refractivity contribution in [3.8, 4) is 0 Å². The third-order valence-corrected chi connectivity index (χ3v) is 3.47. The van der Waals surface area contributed by atoms with Crippen LogP contribution in [-0.4, -0.2) is 55.2 Å². The van der Waals surface area contributed by atoms with E-state index in [0.717, 1.165) is 32.5 Å². The molecule has 0 bridgehead atoms. The van der Waals surface area contributed by atoms with Crippen molar-refractivity contribution < 1.29 is 14.3 Å². The fourth-order valence-corrected chi connectivity index (χ4v) is 2.43. The SMILES string of the molecule is CCN(CC1CCCO1)CC(Br)C(=O)OC. The van der Waals surface area contributed by atoms with Crippen LogP contribution in [0.4, 0.5) is 0 Å². The second-order valence-corrected chi connectivity index (χ2v) is 5.08. The van der Waals surface area contributed by atoms with Gasteiger partial charge in [0, 0.05) is 19.7 Å². The van der Waals surface area contributed by atoms with Crippen LogP contribution in [0.15, 0.2) is 0 Å². The predicted molar refractivity (Wildman–Crippen MR) is 65.8 cm³/mol. The summed E-state index contributed by atoms with van der Waals surface area (Å²) in [5, 5.41) is 0. The van der Waals surface area contributed by atoms with E-state index in [0.29, 0.717) is 12.6 Å². The third kappa shape index (κ3) is 4.39. The first-order chi connectivity index (χ1) is 7.67. The Balaban J connectivity index is 2.32. The van der Waals surface area contributed by atoms with Gasteiger partial charge in [-0.3, -0.25) is 9.69 Å². The minimum absolute atomic E-state index is 0.217. The van der Waals surface area contributed by atoms with E-state index in [9.17, 15) is 4.79 Å². The first-order valence-corrected chi connectivity index (χ1v) is 6.64. The van der Waals surface area contributed by atoms with Gasteiger partial charge in [-0.25, -0.2) is 0 Å². The maximum absolute atomic E-state index is 11.3. The molecule has 5 heteroatoms. The Morgan fingerprint density at radius 1 is 1.69 bits per heavy atom. The highest BCUT2D eigenvalue weighted by atomic mass is 79.9. The van der Waals surface area contributed by atoms with Gasteiger partial charge < -0.3 is 9.47 Å². The summed E-state index contributed by atoms with van der Waals surface area (Å²) >= 11 is 3.34. The molecule has 0 aromatic rings. The lowest BCUT2D eigenvalue weighted by Gasteiger charge is -2.25. The second kappa shape index (κ2) is 7.25. The molecule has 0 aromatic carbocycles. The minimum Gasteiger partial charge on any atom is -0.468 e. The topological polar surface area (TPSA) is 38.8 Å². The highest BCUT2D eigenvalue weighted by Gasteiger charge is 2.22. The van der Waals surface area contributed by atoms with Crippen LogP contribution < -0.4 is 0 Å². The van der Waals surface area contributed by atoms with Gasteiger partial charge in [-0.05, 0) is 19.4 Å². The van der Waals surface area contributed by atoms with Crippen molar-refractivity contribution in [3.63, 3.8) is 0 Å². The number of halogens is 1. The normalized spacial score (nSPS) is 22.4. The Labute approximate surface area is 105 Å². The number of esters is 1. The van der Waals surface area contributed by atoms with E-state index in [1.54, 1.807) is 0 Å². The highest BCUT2D eigenvalue weighted by Crippen LogP contribution is 2.14. The van der Waals surface area contributed by atoms with E-state index in [2.05, 4.69) is 32.5 Å². The van der Waals surface area contributed by atoms with E-state index >= 15 is 0 Å². The average molecular weight is 294 g/mol. The molecular weight excluding hydrogens is 274 g/mol. The van der Waals surface area contributed by atoms with Crippen LogP contribution in [0.3, 0.4) is 0 Å². The van der Waals surface area contributed by atoms with Crippen LogP contribution in [0.2, 0.25) is 0 Å². The number of alkyl halides is 1. The molecule has 0 amide bonds. The van der Waals surface area contributed by atoms with Gasteiger partial charge in [0.15, 0.2) is 0 Å². The maximum Gasteiger partial charge on any atom is 0.320 e. The quantitative estimate of drug-likeness (QED) is 0.549. The van der Waals surface area contributed by atoms with Gasteiger partial charge in [0.25, 0.3) is 0 Å². The Morgan fingerprint density at radius 3 is 2.94 bits per heavy atom. The zero-order valence-electron chi connectivity index (χ0n) is 9.95. The van der Waals surface area contributed by atoms with Crippen LogP contribution in [0.5, 0.6) is 0 Å². The molecule has 2 atom stereocenters. The Morgan fingerprint density at radius 2 is 2.44 bits per heavy atom. The number of carbonyl (C=O) groups is 1. The first kappa shape index (κ1) is 13.9. The highest BCUT2D eigenvalue weighted by molar-refractivity contribution is 9.10. The summed E-state index contributed by atoms with van der Waals surface area (Å²) in [6.07, 6.45) is 2.61. The molecule has 0 aromatic heterocycles. The van der Waals surface area contributed by atoms with Crippen molar-refractivity contribution in [1.82, 2.24) is 4.90 Å². The number of rotatable bonds is 6. The fraction of sp³-hybridized carbons (Fsp3) is 0.909. The molecule has 1 aliphatic rings. The molecule has 1 aliphatic heterocycles. The van der Waals surface area contributed by atoms with Crippen molar-refractivity contribution in [3.05, 3.63) is 0 Å². The van der Waals surface area contributed by atoms with Gasteiger partial charge in [0.2, 0.25) is 0 Å². The number of hydrogen-bond donors (Lipinski definition) is 0. The summed E-state index contributed by atoms with van der Waals surface area (Å²) in [6, 6.07) is 0. The Hall–Kier alpha value is -0.130. The van der Waals surface area contributed by atoms with Crippen LogP contribution in [0.1, 0.15) is 19.8 Å². The van der Waals surface area contributed by atoms with E-state index in [-0.39, 0.29) is 10.8 Å². The van der Waals surface area contributed by atoms with E-state index in [4.69, 9.17) is 4.74 Å². The smallest absolute Gasteiger partial charge is 0.320 e. The predicted octanol–water partition coefficient (Wildman–Crippen LogP) is 1.42. The van der Waals surface area contributed by atoms with Crippen molar-refractivity contribution in [1.29, 1.82) is 0 Å². The fourth-order valence-electron chi connectivity index (χ4n) is 1.84. The molecule has 0 spiro atoms. The van der Waals surface area contributed by atoms with E-state index in [1.807, 2.05) is 0 Å². The number of methoxy groups -OCH3 is 1. The maximum atomic E-state index is 11.3. The monoisotopic (exact) mass is 293 g/mol. The molecule has 0 radical (unpaired) electrons. The lowest BCUT2D eigenvalue weighted by atomic mass is 10.2. The van der Waals surface area contributed by atoms with Crippen molar-refractivity contribution in [2.24, 2.45) is 0 Å². The molecule has 0 aliphatic carbocycles. The average Bonchev–Trinajstić information content (AvgIpc) is 2.79. The van der Waals surface area contributed by atoms with Crippen molar-refractivity contribution in [2.45, 2.75) is 30.7 Å². The standard InChI is InChI=1S/C11H20BrNO3/c1-3-13(7-9-5-4-6-16-9)8-10(12)11(14)15-2/h9-10H,3-8H2,1-2H3. The van der Waals surface area contributed by atoms with Gasteiger partial charge in [0.1, 0.15) is 4.83 Å². The molecule has 1 heterocycles. The third-order valence-electron chi connectivity index (χ3n) is 2.81. The summed E-state index contributed by atoms with van der Waals surface area (Å²) in [5.74, 6) is -0.217. The zero-order valence-corrected chi connectivity index (χ0v) is 11.5. The van der Waals surface area contributed by atoms with E-state index < -0.39 is 0 Å². The first-order valence-electron chi connectivity index (χ1n) is 5.73. The van der Waals surface area contributed by atoms with Gasteiger partial charge >= 0.3 is 5.97 Å². The van der Waals surface area contributed by atoms with Crippen molar-refractivity contribution >= 4 is 21.9 Å². The number of ether oxygens (including phenoxy) is 2. The molecule has 1 rings (SSSR count). The van der Waals surface area contributed by atoms with Crippen molar-refractivity contribution in [2.75, 3.05) is 33.4 Å². The Kier molecular flexibility index (Phi) is 6.31. The molecule has 1 fully saturated rings. The van der Waals surface area contributed by atoms with Crippen LogP contribution in [0.25, 0.3) is 0 Å². The number of carbonyl (C=O) groups excluding carboxylic acids is 1. The van der Waals surface area contributed by atoms with Gasteiger partial charge in [-0.15, -0.1) is 0 Å². The van der Waals surface area contributed by atoms with Gasteiger partial charge in [-0.1, -0.05) is 22.9 Å². The zero-order chi connectivity index (χ0) is 12.0. The molecule has 94 valence electrons. The molecular formula is C11H20BrNO3. The summed E-state index contributed by atoms with van der Waals surface area (Å²) in [7, 11) is 1.41. The number of likely N-dealkylation sites (N-methyl/N-ethyl adjacent to an activating group) is 1. The minimum atomic E-state index is -0.251. The van der Waals surface area contributed by atoms with Crippen LogP contribution >= 0.6 is 15.9 Å². The summed E-state index contributed by atoms with van der Waals surface area (Å²) < 4.78 is 10.3. The molecule has 16 heavy (non-hydrogen) atoms. The number of hydrogen-bond acceptors (Lipinski definition) is 4. The summed E-state index contributed by atoms with van der Waals surface area (Å²) in [4.78, 5) is 13.2. The number of nitrogens with zero attached hydrogens (tertiary/aromatic N) is 1. The van der Waals surface area contributed by atoms with Crippen LogP contribution in [-0.2, 0) is 14.3 Å². The van der Waals surface area contributed by atoms with Crippen LogP contribution in [0, 0.1) is 0 Å². The second-order valence-electron chi connectivity index (χ2n) is 3.98. The van der Waals surface area contributed by atoms with Gasteiger partial charge in [-0.2, -0.15) is 0 Å². The molecule has 1 saturated heterocycles. The summed E-state index contributed by atoms with van der Waals surface area (Å²) in [6.45, 7) is 5.44.